The molecule has 0 spiro atoms. The quantitative estimate of drug-likeness (QED) is 0.653. The van der Waals surface area contributed by atoms with Crippen LogP contribution >= 0.6 is 0 Å². The minimum absolute atomic E-state index is 0.196. The highest BCUT2D eigenvalue weighted by molar-refractivity contribution is 4.90. The van der Waals surface area contributed by atoms with Gasteiger partial charge < -0.3 is 9.84 Å². The van der Waals surface area contributed by atoms with Crippen LogP contribution in [0.25, 0.3) is 0 Å². The summed E-state index contributed by atoms with van der Waals surface area (Å²) < 4.78 is 5.23. The molecular formula is C15H31NO2. The van der Waals surface area contributed by atoms with Gasteiger partial charge in [0.1, 0.15) is 0 Å². The Kier molecular flexibility index (Phi) is 7.20. The highest BCUT2D eigenvalue weighted by Gasteiger charge is 2.36. The van der Waals surface area contributed by atoms with Gasteiger partial charge in [-0.25, -0.2) is 0 Å². The van der Waals surface area contributed by atoms with Gasteiger partial charge in [-0.3, -0.25) is 4.90 Å². The van der Waals surface area contributed by atoms with E-state index >= 15 is 0 Å². The van der Waals surface area contributed by atoms with Crippen molar-refractivity contribution in [3.05, 3.63) is 0 Å². The minimum atomic E-state index is -0.196. The Hall–Kier alpha value is -0.120. The van der Waals surface area contributed by atoms with Crippen molar-refractivity contribution >= 4 is 0 Å². The van der Waals surface area contributed by atoms with Crippen molar-refractivity contribution in [2.24, 2.45) is 5.92 Å². The van der Waals surface area contributed by atoms with Gasteiger partial charge in [0.2, 0.25) is 0 Å². The molecule has 0 heterocycles. The molecule has 0 aliphatic heterocycles. The third kappa shape index (κ3) is 4.52. The second-order valence-electron chi connectivity index (χ2n) is 5.64. The van der Waals surface area contributed by atoms with Gasteiger partial charge in [-0.2, -0.15) is 0 Å². The molecule has 3 atom stereocenters. The van der Waals surface area contributed by atoms with Crippen molar-refractivity contribution in [1.82, 2.24) is 4.90 Å². The van der Waals surface area contributed by atoms with Gasteiger partial charge in [-0.05, 0) is 38.5 Å². The molecule has 108 valence electrons. The molecule has 1 saturated carbocycles. The molecular weight excluding hydrogens is 226 g/mol. The highest BCUT2D eigenvalue weighted by atomic mass is 16.5. The number of nitrogens with zero attached hydrogens (tertiary/aromatic N) is 1. The summed E-state index contributed by atoms with van der Waals surface area (Å²) in [7, 11) is 1.75. The first-order chi connectivity index (χ1) is 8.65. The number of ether oxygens (including phenoxy) is 1. The Labute approximate surface area is 113 Å². The lowest BCUT2D eigenvalue weighted by Crippen LogP contribution is -2.50. The Bertz CT molecular complexity index is 219. The van der Waals surface area contributed by atoms with E-state index in [1.807, 2.05) is 0 Å². The molecule has 0 aromatic carbocycles. The second kappa shape index (κ2) is 8.13. The lowest BCUT2D eigenvalue weighted by Gasteiger charge is -2.38. The molecule has 0 aromatic rings. The van der Waals surface area contributed by atoms with Crippen LogP contribution in [0.1, 0.15) is 52.9 Å². The van der Waals surface area contributed by atoms with E-state index in [1.54, 1.807) is 7.11 Å². The summed E-state index contributed by atoms with van der Waals surface area (Å²) in [4.78, 5) is 2.49. The Morgan fingerprint density at radius 1 is 1.33 bits per heavy atom. The van der Waals surface area contributed by atoms with Crippen LogP contribution in [-0.2, 0) is 4.74 Å². The first kappa shape index (κ1) is 15.9. The summed E-state index contributed by atoms with van der Waals surface area (Å²) in [5.74, 6) is 0.838. The number of methoxy groups -OCH3 is 1. The minimum Gasteiger partial charge on any atom is -0.391 e. The largest absolute Gasteiger partial charge is 0.391 e. The van der Waals surface area contributed by atoms with Crippen LogP contribution in [0, 0.1) is 5.92 Å². The zero-order valence-corrected chi connectivity index (χ0v) is 12.6. The molecule has 0 bridgehead atoms. The molecule has 1 fully saturated rings. The molecule has 3 nitrogen and oxygen atoms in total. The van der Waals surface area contributed by atoms with Gasteiger partial charge in [0.05, 0.1) is 12.7 Å². The first-order valence-electron chi connectivity index (χ1n) is 7.58. The van der Waals surface area contributed by atoms with Gasteiger partial charge in [-0.15, -0.1) is 0 Å². The molecule has 1 N–H and O–H groups in total. The van der Waals surface area contributed by atoms with Gasteiger partial charge in [-0.1, -0.05) is 20.3 Å². The van der Waals surface area contributed by atoms with Crippen LogP contribution in [0.3, 0.4) is 0 Å². The average Bonchev–Trinajstić information content (AvgIpc) is 3.18. The SMILES string of the molecule is CCCC(O)C(CC)N(CCOC)C(C)C1CC1. The molecule has 0 saturated heterocycles. The van der Waals surface area contributed by atoms with E-state index in [4.69, 9.17) is 4.74 Å². The Balaban J connectivity index is 2.63. The Morgan fingerprint density at radius 2 is 2.00 bits per heavy atom. The van der Waals surface area contributed by atoms with Crippen LogP contribution < -0.4 is 0 Å². The fourth-order valence-corrected chi connectivity index (χ4v) is 2.93. The third-order valence-corrected chi connectivity index (χ3v) is 4.25. The van der Waals surface area contributed by atoms with Crippen molar-refractivity contribution < 1.29 is 9.84 Å². The number of aliphatic hydroxyl groups is 1. The predicted octanol–water partition coefficient (Wildman–Crippen LogP) is 2.67. The monoisotopic (exact) mass is 257 g/mol. The second-order valence-corrected chi connectivity index (χ2v) is 5.64. The summed E-state index contributed by atoms with van der Waals surface area (Å²) in [5.41, 5.74) is 0. The van der Waals surface area contributed by atoms with E-state index in [-0.39, 0.29) is 12.1 Å². The molecule has 0 aromatic heterocycles. The van der Waals surface area contributed by atoms with Crippen LogP contribution in [0.2, 0.25) is 0 Å². The fraction of sp³-hybridized carbons (Fsp3) is 1.00. The van der Waals surface area contributed by atoms with Crippen molar-refractivity contribution in [2.75, 3.05) is 20.3 Å². The normalized spacial score (nSPS) is 21.0. The summed E-state index contributed by atoms with van der Waals surface area (Å²) in [6.07, 6.45) is 5.48. The molecule has 3 unspecified atom stereocenters. The van der Waals surface area contributed by atoms with E-state index < -0.39 is 0 Å². The van der Waals surface area contributed by atoms with Gasteiger partial charge in [0.15, 0.2) is 0 Å². The first-order valence-corrected chi connectivity index (χ1v) is 7.58. The zero-order chi connectivity index (χ0) is 13.5. The van der Waals surface area contributed by atoms with E-state index in [2.05, 4.69) is 25.7 Å². The summed E-state index contributed by atoms with van der Waals surface area (Å²) in [6.45, 7) is 8.33. The highest BCUT2D eigenvalue weighted by Crippen LogP contribution is 2.36. The molecule has 18 heavy (non-hydrogen) atoms. The number of hydrogen-bond donors (Lipinski definition) is 1. The molecule has 1 aliphatic rings. The predicted molar refractivity (Wildman–Crippen MR) is 75.8 cm³/mol. The van der Waals surface area contributed by atoms with E-state index in [9.17, 15) is 5.11 Å². The molecule has 3 heteroatoms. The van der Waals surface area contributed by atoms with Gasteiger partial charge >= 0.3 is 0 Å². The lowest BCUT2D eigenvalue weighted by molar-refractivity contribution is 0.00230. The maximum absolute atomic E-state index is 10.3. The van der Waals surface area contributed by atoms with E-state index in [1.165, 1.54) is 12.8 Å². The standard InChI is InChI=1S/C15H31NO2/c1-5-7-15(17)14(6-2)16(10-11-18-4)12(3)13-8-9-13/h12-15,17H,5-11H2,1-4H3. The van der Waals surface area contributed by atoms with Crippen LogP contribution in [0.5, 0.6) is 0 Å². The maximum Gasteiger partial charge on any atom is 0.0695 e. The topological polar surface area (TPSA) is 32.7 Å². The summed E-state index contributed by atoms with van der Waals surface area (Å²) in [5, 5.41) is 10.3. The van der Waals surface area contributed by atoms with Crippen LogP contribution in [-0.4, -0.2) is 48.5 Å². The van der Waals surface area contributed by atoms with E-state index in [0.717, 1.165) is 38.3 Å². The number of rotatable bonds is 10. The summed E-state index contributed by atoms with van der Waals surface area (Å²) >= 11 is 0. The Morgan fingerprint density at radius 3 is 2.44 bits per heavy atom. The number of hydrogen-bond acceptors (Lipinski definition) is 3. The fourth-order valence-electron chi connectivity index (χ4n) is 2.93. The summed E-state index contributed by atoms with van der Waals surface area (Å²) in [6, 6.07) is 0.868. The number of aliphatic hydroxyl groups excluding tert-OH is 1. The van der Waals surface area contributed by atoms with Crippen molar-refractivity contribution in [1.29, 1.82) is 0 Å². The molecule has 0 radical (unpaired) electrons. The van der Waals surface area contributed by atoms with Crippen molar-refractivity contribution in [3.8, 4) is 0 Å². The van der Waals surface area contributed by atoms with Crippen LogP contribution in [0.4, 0.5) is 0 Å². The van der Waals surface area contributed by atoms with Gasteiger partial charge in [0, 0.05) is 25.7 Å². The molecule has 1 rings (SSSR count). The van der Waals surface area contributed by atoms with Crippen molar-refractivity contribution in [2.45, 2.75) is 71.1 Å². The van der Waals surface area contributed by atoms with E-state index in [0.29, 0.717) is 6.04 Å². The molecule has 0 amide bonds. The van der Waals surface area contributed by atoms with Crippen molar-refractivity contribution in [3.63, 3.8) is 0 Å². The third-order valence-electron chi connectivity index (χ3n) is 4.25. The maximum atomic E-state index is 10.3. The average molecular weight is 257 g/mol. The van der Waals surface area contributed by atoms with Gasteiger partial charge in [0.25, 0.3) is 0 Å². The molecule has 1 aliphatic carbocycles. The van der Waals surface area contributed by atoms with Crippen LogP contribution in [0.15, 0.2) is 0 Å². The smallest absolute Gasteiger partial charge is 0.0695 e. The zero-order valence-electron chi connectivity index (χ0n) is 12.6. The lowest BCUT2D eigenvalue weighted by atomic mass is 9.99.